The SMILES string of the molecule is O=P1(O)OCCOCCOCCOCCOCCO1. The van der Waals surface area contributed by atoms with Gasteiger partial charge in [-0.15, -0.1) is 0 Å². The second kappa shape index (κ2) is 10.7. The Balaban J connectivity index is 2.22. The summed E-state index contributed by atoms with van der Waals surface area (Å²) >= 11 is 0. The largest absolute Gasteiger partial charge is 0.472 e. The zero-order valence-electron chi connectivity index (χ0n) is 10.8. The van der Waals surface area contributed by atoms with Crippen LogP contribution < -0.4 is 0 Å². The molecule has 0 saturated carbocycles. The molecular weight excluding hydrogens is 279 g/mol. The van der Waals surface area contributed by atoms with Crippen LogP contribution in [0.4, 0.5) is 0 Å². The third-order valence-corrected chi connectivity index (χ3v) is 3.10. The van der Waals surface area contributed by atoms with Gasteiger partial charge in [0.05, 0.1) is 66.1 Å². The lowest BCUT2D eigenvalue weighted by atomic mass is 10.7. The Bertz CT molecular complexity index is 240. The van der Waals surface area contributed by atoms with Gasteiger partial charge in [-0.05, 0) is 0 Å². The average molecular weight is 300 g/mol. The molecule has 1 saturated heterocycles. The number of hydrogen-bond acceptors (Lipinski definition) is 7. The van der Waals surface area contributed by atoms with Crippen LogP contribution in [0.1, 0.15) is 0 Å². The first kappa shape index (κ1) is 17.0. The van der Waals surface area contributed by atoms with E-state index in [1.54, 1.807) is 0 Å². The first-order valence-corrected chi connectivity index (χ1v) is 7.63. The molecule has 8 nitrogen and oxygen atoms in total. The minimum Gasteiger partial charge on any atom is -0.377 e. The highest BCUT2D eigenvalue weighted by atomic mass is 31.2. The molecule has 0 aliphatic carbocycles. The van der Waals surface area contributed by atoms with Crippen molar-refractivity contribution in [3.05, 3.63) is 0 Å². The topological polar surface area (TPSA) is 92.7 Å². The molecule has 1 rings (SSSR count). The van der Waals surface area contributed by atoms with E-state index >= 15 is 0 Å². The van der Waals surface area contributed by atoms with Crippen molar-refractivity contribution in [3.63, 3.8) is 0 Å². The zero-order chi connectivity index (χ0) is 13.8. The van der Waals surface area contributed by atoms with Gasteiger partial charge in [-0.2, -0.15) is 0 Å². The molecule has 1 N–H and O–H groups in total. The predicted molar refractivity (Wildman–Crippen MR) is 65.0 cm³/mol. The van der Waals surface area contributed by atoms with Crippen LogP contribution in [-0.4, -0.2) is 71.0 Å². The van der Waals surface area contributed by atoms with Gasteiger partial charge >= 0.3 is 7.82 Å². The van der Waals surface area contributed by atoms with Crippen LogP contribution in [0.2, 0.25) is 0 Å². The number of hydrogen-bond donors (Lipinski definition) is 1. The normalized spacial score (nSPS) is 25.5. The van der Waals surface area contributed by atoms with E-state index in [2.05, 4.69) is 0 Å². The summed E-state index contributed by atoms with van der Waals surface area (Å²) in [4.78, 5) is 9.28. The quantitative estimate of drug-likeness (QED) is 0.634. The van der Waals surface area contributed by atoms with Gasteiger partial charge in [0.25, 0.3) is 0 Å². The Morgan fingerprint density at radius 3 is 1.16 bits per heavy atom. The summed E-state index contributed by atoms with van der Waals surface area (Å²) in [6.45, 7) is 3.01. The van der Waals surface area contributed by atoms with E-state index in [0.717, 1.165) is 0 Å². The maximum atomic E-state index is 11.4. The fourth-order valence-electron chi connectivity index (χ4n) is 1.22. The van der Waals surface area contributed by atoms with Crippen molar-refractivity contribution in [2.45, 2.75) is 0 Å². The van der Waals surface area contributed by atoms with E-state index in [9.17, 15) is 9.46 Å². The first-order valence-electron chi connectivity index (χ1n) is 6.13. The van der Waals surface area contributed by atoms with E-state index in [1.165, 1.54) is 0 Å². The van der Waals surface area contributed by atoms with Crippen LogP contribution in [-0.2, 0) is 32.6 Å². The molecule has 0 radical (unpaired) electrons. The summed E-state index contributed by atoms with van der Waals surface area (Å²) in [6.07, 6.45) is 0. The lowest BCUT2D eigenvalue weighted by Crippen LogP contribution is -2.12. The molecule has 0 unspecified atom stereocenters. The third-order valence-electron chi connectivity index (χ3n) is 2.08. The molecular formula is C10H21O8P. The number of phosphoric ester groups is 1. The van der Waals surface area contributed by atoms with E-state index in [0.29, 0.717) is 39.6 Å². The van der Waals surface area contributed by atoms with Crippen molar-refractivity contribution in [2.24, 2.45) is 0 Å². The van der Waals surface area contributed by atoms with Crippen LogP contribution in [0.3, 0.4) is 0 Å². The average Bonchev–Trinajstić information content (AvgIpc) is 2.37. The molecule has 0 spiro atoms. The molecule has 0 atom stereocenters. The van der Waals surface area contributed by atoms with Gasteiger partial charge in [0.15, 0.2) is 0 Å². The Morgan fingerprint density at radius 2 is 0.842 bits per heavy atom. The smallest absolute Gasteiger partial charge is 0.377 e. The molecule has 0 aromatic heterocycles. The van der Waals surface area contributed by atoms with Gasteiger partial charge in [-0.1, -0.05) is 0 Å². The van der Waals surface area contributed by atoms with Gasteiger partial charge in [-0.25, -0.2) is 4.57 Å². The lowest BCUT2D eigenvalue weighted by molar-refractivity contribution is -0.00426. The summed E-state index contributed by atoms with van der Waals surface area (Å²) < 4.78 is 41.5. The van der Waals surface area contributed by atoms with Gasteiger partial charge in [0, 0.05) is 0 Å². The minimum absolute atomic E-state index is 0.0161. The summed E-state index contributed by atoms with van der Waals surface area (Å²) in [5.41, 5.74) is 0. The van der Waals surface area contributed by atoms with Crippen LogP contribution in [0.15, 0.2) is 0 Å². The highest BCUT2D eigenvalue weighted by Gasteiger charge is 2.20. The summed E-state index contributed by atoms with van der Waals surface area (Å²) in [5, 5.41) is 0. The van der Waals surface area contributed by atoms with Gasteiger partial charge in [0.2, 0.25) is 0 Å². The maximum absolute atomic E-state index is 11.4. The molecule has 1 heterocycles. The van der Waals surface area contributed by atoms with E-state index in [4.69, 9.17) is 28.0 Å². The molecule has 0 aromatic rings. The first-order chi connectivity index (χ1) is 9.21. The van der Waals surface area contributed by atoms with Crippen LogP contribution in [0.25, 0.3) is 0 Å². The second-order valence-electron chi connectivity index (χ2n) is 3.58. The van der Waals surface area contributed by atoms with E-state index in [-0.39, 0.29) is 26.4 Å². The fourth-order valence-corrected chi connectivity index (χ4v) is 1.91. The highest BCUT2D eigenvalue weighted by molar-refractivity contribution is 7.47. The number of phosphoric acid groups is 1. The van der Waals surface area contributed by atoms with Gasteiger partial charge in [0.1, 0.15) is 0 Å². The number of ether oxygens (including phenoxy) is 4. The second-order valence-corrected chi connectivity index (χ2v) is 5.04. The van der Waals surface area contributed by atoms with E-state index in [1.807, 2.05) is 0 Å². The highest BCUT2D eigenvalue weighted by Crippen LogP contribution is 2.42. The monoisotopic (exact) mass is 300 g/mol. The minimum atomic E-state index is -4.01. The third kappa shape index (κ3) is 10.4. The summed E-state index contributed by atoms with van der Waals surface area (Å²) in [5.74, 6) is 0. The molecule has 1 aliphatic heterocycles. The Kier molecular flexibility index (Phi) is 9.58. The van der Waals surface area contributed by atoms with Crippen LogP contribution >= 0.6 is 7.82 Å². The van der Waals surface area contributed by atoms with Crippen molar-refractivity contribution in [1.29, 1.82) is 0 Å². The molecule has 114 valence electrons. The Morgan fingerprint density at radius 1 is 0.579 bits per heavy atom. The van der Waals surface area contributed by atoms with E-state index < -0.39 is 7.82 Å². The van der Waals surface area contributed by atoms with Crippen molar-refractivity contribution in [3.8, 4) is 0 Å². The van der Waals surface area contributed by atoms with Crippen molar-refractivity contribution in [2.75, 3.05) is 66.1 Å². The molecule has 0 aromatic carbocycles. The Labute approximate surface area is 112 Å². The standard InChI is InChI=1S/C10H21O8P/c11-19(12)17-9-7-15-5-3-13-1-2-14-4-6-16-8-10-18-19/h1-10H2,(H,11,12). The molecule has 9 heteroatoms. The molecule has 1 fully saturated rings. The van der Waals surface area contributed by atoms with Crippen LogP contribution in [0, 0.1) is 0 Å². The van der Waals surface area contributed by atoms with Gasteiger partial charge in [-0.3, -0.25) is 9.05 Å². The van der Waals surface area contributed by atoms with Crippen molar-refractivity contribution in [1.82, 2.24) is 0 Å². The zero-order valence-corrected chi connectivity index (χ0v) is 11.7. The maximum Gasteiger partial charge on any atom is 0.472 e. The van der Waals surface area contributed by atoms with Gasteiger partial charge < -0.3 is 23.8 Å². The lowest BCUT2D eigenvalue weighted by Gasteiger charge is -2.12. The number of rotatable bonds is 0. The summed E-state index contributed by atoms with van der Waals surface area (Å²) in [7, 11) is -4.01. The fraction of sp³-hybridized carbons (Fsp3) is 1.00. The van der Waals surface area contributed by atoms with Crippen molar-refractivity contribution >= 4 is 7.82 Å². The molecule has 0 amide bonds. The molecule has 1 aliphatic rings. The molecule has 19 heavy (non-hydrogen) atoms. The van der Waals surface area contributed by atoms with Crippen molar-refractivity contribution < 1.29 is 37.5 Å². The Hall–Kier alpha value is -0.0500. The predicted octanol–water partition coefficient (Wildman–Crippen LogP) is 0.200. The molecule has 0 bridgehead atoms. The van der Waals surface area contributed by atoms with Crippen LogP contribution in [0.5, 0.6) is 0 Å². The summed E-state index contributed by atoms with van der Waals surface area (Å²) in [6, 6.07) is 0.